The van der Waals surface area contributed by atoms with Crippen molar-refractivity contribution >= 4 is 23.4 Å². The fraction of sp³-hybridized carbons (Fsp3) is 0.581. The van der Waals surface area contributed by atoms with Gasteiger partial charge in [-0.05, 0) is 68.2 Å². The van der Waals surface area contributed by atoms with Crippen LogP contribution < -0.4 is 5.32 Å². The van der Waals surface area contributed by atoms with E-state index in [4.69, 9.17) is 4.74 Å². The second-order valence-electron chi connectivity index (χ2n) is 12.3. The molecule has 0 bridgehead atoms. The summed E-state index contributed by atoms with van der Waals surface area (Å²) in [6, 6.07) is 5.37. The fourth-order valence-corrected chi connectivity index (χ4v) is 8.12. The van der Waals surface area contributed by atoms with Crippen molar-refractivity contribution in [3.05, 3.63) is 53.9 Å². The molecule has 0 unspecified atom stereocenters. The van der Waals surface area contributed by atoms with Gasteiger partial charge in [0.25, 0.3) is 0 Å². The van der Waals surface area contributed by atoms with Crippen LogP contribution in [0.3, 0.4) is 0 Å². The first-order valence-electron chi connectivity index (χ1n) is 14.2. The molecule has 1 aromatic heterocycles. The predicted molar refractivity (Wildman–Crippen MR) is 144 cm³/mol. The summed E-state index contributed by atoms with van der Waals surface area (Å²) in [7, 11) is 0. The number of carbonyl (C=O) groups is 4. The molecule has 4 aliphatic rings. The SMILES string of the molecule is C[C@]12C=CC(=O)C=C1CC[C@H]1[C@H]2[C@@H](O)C[C@@]2(C)[C@@H]1CC[C@@]2(O)C(=O)COC(=O)CCC(=O)NCc1ccccn1. The van der Waals surface area contributed by atoms with E-state index in [0.29, 0.717) is 12.1 Å². The number of pyridine rings is 1. The number of esters is 1. The van der Waals surface area contributed by atoms with E-state index in [9.17, 15) is 29.4 Å². The average molecular weight is 551 g/mol. The second-order valence-corrected chi connectivity index (χ2v) is 12.3. The Morgan fingerprint density at radius 1 is 1.18 bits per heavy atom. The molecule has 5 rings (SSSR count). The van der Waals surface area contributed by atoms with Gasteiger partial charge in [-0.3, -0.25) is 24.2 Å². The molecule has 1 heterocycles. The molecule has 3 N–H and O–H groups in total. The first-order chi connectivity index (χ1) is 19.0. The lowest BCUT2D eigenvalue weighted by Crippen LogP contribution is -2.61. The molecule has 0 saturated heterocycles. The van der Waals surface area contributed by atoms with Crippen LogP contribution in [0, 0.1) is 28.6 Å². The molecule has 3 fully saturated rings. The zero-order valence-corrected chi connectivity index (χ0v) is 23.1. The monoisotopic (exact) mass is 550 g/mol. The van der Waals surface area contributed by atoms with Crippen LogP contribution in [-0.4, -0.2) is 57.0 Å². The summed E-state index contributed by atoms with van der Waals surface area (Å²) in [6.07, 6.45) is 8.45. The van der Waals surface area contributed by atoms with Gasteiger partial charge in [-0.1, -0.05) is 31.6 Å². The molecule has 3 saturated carbocycles. The normalized spacial score (nSPS) is 36.1. The van der Waals surface area contributed by atoms with Crippen molar-refractivity contribution in [2.24, 2.45) is 28.6 Å². The number of ether oxygens (including phenoxy) is 1. The third-order valence-corrected chi connectivity index (χ3v) is 10.2. The minimum absolute atomic E-state index is 0.0118. The van der Waals surface area contributed by atoms with E-state index in [2.05, 4.69) is 17.2 Å². The number of rotatable bonds is 8. The highest BCUT2D eigenvalue weighted by Crippen LogP contribution is 2.67. The van der Waals surface area contributed by atoms with E-state index in [0.717, 1.165) is 18.4 Å². The Morgan fingerprint density at radius 3 is 2.73 bits per heavy atom. The van der Waals surface area contributed by atoms with Gasteiger partial charge >= 0.3 is 5.97 Å². The standard InChI is InChI=1S/C31H38N2O7/c1-29-12-10-21(34)15-19(29)6-7-22-23-11-13-31(39,30(23,2)16-24(35)28(22)29)25(36)18-40-27(38)9-8-26(37)33-17-20-5-3-4-14-32-20/h3-5,10,12,14-15,22-24,28,35,39H,6-9,11,13,16-18H2,1-2H3,(H,33,37)/t22-,23-,24+,28+,29+,30+,31-/m1/s1. The van der Waals surface area contributed by atoms with Crippen LogP contribution in [-0.2, 0) is 30.5 Å². The highest BCUT2D eigenvalue weighted by atomic mass is 16.5. The molecule has 0 radical (unpaired) electrons. The Balaban J connectivity index is 1.18. The van der Waals surface area contributed by atoms with E-state index < -0.39 is 40.9 Å². The maximum atomic E-state index is 13.4. The number of hydrogen-bond acceptors (Lipinski definition) is 8. The van der Waals surface area contributed by atoms with Crippen molar-refractivity contribution in [3.63, 3.8) is 0 Å². The summed E-state index contributed by atoms with van der Waals surface area (Å²) in [4.78, 5) is 53.9. The van der Waals surface area contributed by atoms with Crippen LogP contribution in [0.15, 0.2) is 48.2 Å². The first kappa shape index (κ1) is 28.4. The van der Waals surface area contributed by atoms with E-state index in [1.807, 2.05) is 19.1 Å². The van der Waals surface area contributed by atoms with E-state index >= 15 is 0 Å². The molecule has 0 spiro atoms. The highest BCUT2D eigenvalue weighted by Gasteiger charge is 2.68. The summed E-state index contributed by atoms with van der Waals surface area (Å²) in [6.45, 7) is 3.63. The van der Waals surface area contributed by atoms with Crippen molar-refractivity contribution in [3.8, 4) is 0 Å². The van der Waals surface area contributed by atoms with Crippen LogP contribution in [0.5, 0.6) is 0 Å². The minimum Gasteiger partial charge on any atom is -0.458 e. The number of aromatic nitrogens is 1. The van der Waals surface area contributed by atoms with Crippen LogP contribution in [0.2, 0.25) is 0 Å². The van der Waals surface area contributed by atoms with Gasteiger partial charge in [-0.2, -0.15) is 0 Å². The van der Waals surface area contributed by atoms with Crippen molar-refractivity contribution < 1.29 is 34.1 Å². The Hall–Kier alpha value is -3.17. The average Bonchev–Trinajstić information content (AvgIpc) is 3.20. The zero-order chi connectivity index (χ0) is 28.7. The summed E-state index contributed by atoms with van der Waals surface area (Å²) >= 11 is 0. The van der Waals surface area contributed by atoms with Crippen LogP contribution in [0.1, 0.15) is 64.5 Å². The van der Waals surface area contributed by atoms with Gasteiger partial charge in [-0.15, -0.1) is 0 Å². The van der Waals surface area contributed by atoms with Crippen molar-refractivity contribution in [2.75, 3.05) is 6.61 Å². The van der Waals surface area contributed by atoms with Crippen LogP contribution in [0.4, 0.5) is 0 Å². The smallest absolute Gasteiger partial charge is 0.306 e. The molecular formula is C31H38N2O7. The van der Waals surface area contributed by atoms with Gasteiger partial charge in [-0.25, -0.2) is 0 Å². The number of aliphatic hydroxyl groups is 2. The van der Waals surface area contributed by atoms with Crippen LogP contribution >= 0.6 is 0 Å². The number of hydrogen-bond donors (Lipinski definition) is 3. The molecule has 214 valence electrons. The molecule has 9 heteroatoms. The number of Topliss-reactive ketones (excluding diaryl/α,β-unsaturated/α-hetero) is 1. The van der Waals surface area contributed by atoms with E-state index in [-0.39, 0.29) is 61.7 Å². The van der Waals surface area contributed by atoms with Crippen molar-refractivity contribution in [1.29, 1.82) is 0 Å². The maximum absolute atomic E-state index is 13.4. The largest absolute Gasteiger partial charge is 0.458 e. The van der Waals surface area contributed by atoms with Gasteiger partial charge < -0.3 is 20.3 Å². The second kappa shape index (κ2) is 10.7. The van der Waals surface area contributed by atoms with Gasteiger partial charge in [0, 0.05) is 29.4 Å². The molecule has 40 heavy (non-hydrogen) atoms. The minimum atomic E-state index is -1.72. The highest BCUT2D eigenvalue weighted by molar-refractivity contribution is 6.01. The fourth-order valence-electron chi connectivity index (χ4n) is 8.12. The molecule has 4 aliphatic carbocycles. The lowest BCUT2D eigenvalue weighted by Gasteiger charge is -2.59. The van der Waals surface area contributed by atoms with Crippen molar-refractivity contribution in [2.45, 2.75) is 77.0 Å². The molecule has 1 aromatic rings. The van der Waals surface area contributed by atoms with Crippen LogP contribution in [0.25, 0.3) is 0 Å². The molecular weight excluding hydrogens is 512 g/mol. The number of allylic oxidation sites excluding steroid dienone is 4. The Morgan fingerprint density at radius 2 is 1.98 bits per heavy atom. The third kappa shape index (κ3) is 4.83. The number of aliphatic hydroxyl groups excluding tert-OH is 1. The quantitative estimate of drug-likeness (QED) is 0.419. The number of nitrogens with one attached hydrogen (secondary N) is 1. The molecule has 0 aromatic carbocycles. The topological polar surface area (TPSA) is 143 Å². The Kier molecular flexibility index (Phi) is 7.56. The van der Waals surface area contributed by atoms with Gasteiger partial charge in [0.1, 0.15) is 5.60 Å². The predicted octanol–water partition coefficient (Wildman–Crippen LogP) is 2.60. The number of fused-ring (bicyclic) bond motifs is 5. The summed E-state index contributed by atoms with van der Waals surface area (Å²) < 4.78 is 5.20. The molecule has 1 amide bonds. The Labute approximate surface area is 234 Å². The number of nitrogens with zero attached hydrogens (tertiary/aromatic N) is 1. The summed E-state index contributed by atoms with van der Waals surface area (Å²) in [5, 5.41) is 25.9. The van der Waals surface area contributed by atoms with Crippen molar-refractivity contribution in [1.82, 2.24) is 10.3 Å². The van der Waals surface area contributed by atoms with E-state index in [1.54, 1.807) is 30.5 Å². The zero-order valence-electron chi connectivity index (χ0n) is 23.1. The lowest BCUT2D eigenvalue weighted by molar-refractivity contribution is -0.181. The molecule has 0 aliphatic heterocycles. The van der Waals surface area contributed by atoms with Gasteiger partial charge in [0.05, 0.1) is 24.8 Å². The first-order valence-corrected chi connectivity index (χ1v) is 14.2. The molecule has 9 nitrogen and oxygen atoms in total. The number of ketones is 2. The molecule has 7 atom stereocenters. The summed E-state index contributed by atoms with van der Waals surface area (Å²) in [5.41, 5.74) is -1.27. The number of amides is 1. The summed E-state index contributed by atoms with van der Waals surface area (Å²) in [5.74, 6) is -1.62. The third-order valence-electron chi connectivity index (χ3n) is 10.2. The van der Waals surface area contributed by atoms with E-state index in [1.165, 1.54) is 0 Å². The maximum Gasteiger partial charge on any atom is 0.306 e. The lowest BCUT2D eigenvalue weighted by atomic mass is 9.46. The Bertz CT molecular complexity index is 1260. The number of carbonyl (C=O) groups excluding carboxylic acids is 4. The van der Waals surface area contributed by atoms with Gasteiger partial charge in [0.15, 0.2) is 12.4 Å². The van der Waals surface area contributed by atoms with Gasteiger partial charge in [0.2, 0.25) is 11.7 Å².